The molecule has 0 aliphatic heterocycles. The maximum atomic E-state index is 12.9. The Hall–Kier alpha value is -2.88. The van der Waals surface area contributed by atoms with Crippen molar-refractivity contribution in [2.75, 3.05) is 5.32 Å². The van der Waals surface area contributed by atoms with Crippen LogP contribution in [0.25, 0.3) is 10.6 Å². The molecule has 0 aliphatic carbocycles. The number of benzene rings is 2. The maximum Gasteiger partial charge on any atom is 0.416 e. The van der Waals surface area contributed by atoms with Crippen molar-refractivity contribution in [1.29, 1.82) is 0 Å². The quantitative estimate of drug-likeness (QED) is 0.524. The number of nitrogens with zero attached hydrogens (tertiary/aromatic N) is 1. The Kier molecular flexibility index (Phi) is 5.16. The standard InChI is InChI=1S/C18H10F6N2OS/c19-17(20,21)11-6-12(18(22,23)24)8-13(7-11)25-15(27)14-9-28-16(26-14)10-4-2-1-3-5-10/h1-9H,(H,25,27). The highest BCUT2D eigenvalue weighted by molar-refractivity contribution is 7.13. The number of hydrogen-bond acceptors (Lipinski definition) is 3. The molecule has 3 rings (SSSR count). The molecule has 2 aromatic carbocycles. The molecule has 1 amide bonds. The Morgan fingerprint density at radius 2 is 1.46 bits per heavy atom. The number of amides is 1. The third-order valence-electron chi connectivity index (χ3n) is 3.60. The second kappa shape index (κ2) is 7.27. The first-order chi connectivity index (χ1) is 13.0. The second-order valence-corrected chi connectivity index (χ2v) is 6.51. The van der Waals surface area contributed by atoms with Gasteiger partial charge in [0.05, 0.1) is 11.1 Å². The van der Waals surface area contributed by atoms with Crippen LogP contribution in [0.1, 0.15) is 21.6 Å². The van der Waals surface area contributed by atoms with Gasteiger partial charge in [0.15, 0.2) is 0 Å². The molecule has 0 aliphatic rings. The van der Waals surface area contributed by atoms with Gasteiger partial charge >= 0.3 is 12.4 Å². The first-order valence-electron chi connectivity index (χ1n) is 7.66. The molecule has 0 bridgehead atoms. The Balaban J connectivity index is 1.89. The Morgan fingerprint density at radius 1 is 0.893 bits per heavy atom. The smallest absolute Gasteiger partial charge is 0.321 e. The van der Waals surface area contributed by atoms with Gasteiger partial charge in [0, 0.05) is 16.6 Å². The largest absolute Gasteiger partial charge is 0.416 e. The summed E-state index contributed by atoms with van der Waals surface area (Å²) < 4.78 is 77.4. The summed E-state index contributed by atoms with van der Waals surface area (Å²) in [5, 5.41) is 3.92. The molecule has 1 heterocycles. The Bertz CT molecular complexity index is 963. The van der Waals surface area contributed by atoms with Gasteiger partial charge in [-0.15, -0.1) is 11.3 Å². The highest BCUT2D eigenvalue weighted by Crippen LogP contribution is 2.37. The molecule has 146 valence electrons. The number of thiazole rings is 1. The minimum Gasteiger partial charge on any atom is -0.321 e. The average molecular weight is 416 g/mol. The van der Waals surface area contributed by atoms with E-state index in [2.05, 4.69) is 10.3 Å². The van der Waals surface area contributed by atoms with Crippen LogP contribution in [0.5, 0.6) is 0 Å². The fraction of sp³-hybridized carbons (Fsp3) is 0.111. The topological polar surface area (TPSA) is 42.0 Å². The van der Waals surface area contributed by atoms with Gasteiger partial charge in [-0.1, -0.05) is 30.3 Å². The summed E-state index contributed by atoms with van der Waals surface area (Å²) in [5.74, 6) is -0.911. The summed E-state index contributed by atoms with van der Waals surface area (Å²) in [5.41, 5.74) is -3.04. The molecule has 1 aromatic heterocycles. The molecule has 1 N–H and O–H groups in total. The van der Waals surface area contributed by atoms with E-state index in [1.807, 2.05) is 0 Å². The summed E-state index contributed by atoms with van der Waals surface area (Å²) in [7, 11) is 0. The van der Waals surface area contributed by atoms with Gasteiger partial charge in [0.2, 0.25) is 0 Å². The van der Waals surface area contributed by atoms with E-state index in [1.165, 1.54) is 5.38 Å². The third-order valence-corrected chi connectivity index (χ3v) is 4.49. The van der Waals surface area contributed by atoms with Crippen molar-refractivity contribution in [1.82, 2.24) is 4.98 Å². The molecule has 0 unspecified atom stereocenters. The van der Waals surface area contributed by atoms with E-state index in [0.717, 1.165) is 16.9 Å². The Labute approximate surface area is 158 Å². The first kappa shape index (κ1) is 19.9. The van der Waals surface area contributed by atoms with Gasteiger partial charge in [-0.25, -0.2) is 4.98 Å². The maximum absolute atomic E-state index is 12.9. The summed E-state index contributed by atoms with van der Waals surface area (Å²) >= 11 is 1.12. The third kappa shape index (κ3) is 4.50. The minimum absolute atomic E-state index is 0.00793. The van der Waals surface area contributed by atoms with Crippen molar-refractivity contribution in [2.45, 2.75) is 12.4 Å². The van der Waals surface area contributed by atoms with Crippen LogP contribution in [0.2, 0.25) is 0 Å². The van der Waals surface area contributed by atoms with Crippen LogP contribution in [-0.2, 0) is 12.4 Å². The van der Waals surface area contributed by atoms with E-state index in [0.29, 0.717) is 17.1 Å². The fourth-order valence-corrected chi connectivity index (χ4v) is 3.12. The molecule has 0 saturated heterocycles. The van der Waals surface area contributed by atoms with Crippen molar-refractivity contribution in [3.8, 4) is 10.6 Å². The van der Waals surface area contributed by atoms with Gasteiger partial charge in [0.1, 0.15) is 10.7 Å². The van der Waals surface area contributed by atoms with Crippen molar-refractivity contribution in [3.05, 3.63) is 70.7 Å². The van der Waals surface area contributed by atoms with E-state index in [1.54, 1.807) is 30.3 Å². The molecule has 0 radical (unpaired) electrons. The van der Waals surface area contributed by atoms with E-state index in [9.17, 15) is 31.1 Å². The highest BCUT2D eigenvalue weighted by atomic mass is 32.1. The van der Waals surface area contributed by atoms with Gasteiger partial charge in [0.25, 0.3) is 5.91 Å². The van der Waals surface area contributed by atoms with Crippen molar-refractivity contribution < 1.29 is 31.1 Å². The predicted molar refractivity (Wildman–Crippen MR) is 91.9 cm³/mol. The molecule has 28 heavy (non-hydrogen) atoms. The van der Waals surface area contributed by atoms with Gasteiger partial charge in [-0.05, 0) is 18.2 Å². The number of rotatable bonds is 3. The van der Waals surface area contributed by atoms with Crippen LogP contribution in [0.15, 0.2) is 53.9 Å². The van der Waals surface area contributed by atoms with Crippen molar-refractivity contribution >= 4 is 22.9 Å². The van der Waals surface area contributed by atoms with Crippen molar-refractivity contribution in [3.63, 3.8) is 0 Å². The van der Waals surface area contributed by atoms with Crippen LogP contribution in [0.3, 0.4) is 0 Å². The summed E-state index contributed by atoms with van der Waals surface area (Å²) in [6.45, 7) is 0. The zero-order chi connectivity index (χ0) is 20.5. The van der Waals surface area contributed by atoms with Gasteiger partial charge in [-0.3, -0.25) is 4.79 Å². The van der Waals surface area contributed by atoms with E-state index in [4.69, 9.17) is 0 Å². The van der Waals surface area contributed by atoms with Gasteiger partial charge < -0.3 is 5.32 Å². The lowest BCUT2D eigenvalue weighted by atomic mass is 10.1. The van der Waals surface area contributed by atoms with Gasteiger partial charge in [-0.2, -0.15) is 26.3 Å². The van der Waals surface area contributed by atoms with Crippen LogP contribution in [-0.4, -0.2) is 10.9 Å². The summed E-state index contributed by atoms with van der Waals surface area (Å²) in [4.78, 5) is 16.3. The van der Waals surface area contributed by atoms with Crippen LogP contribution in [0.4, 0.5) is 32.0 Å². The van der Waals surface area contributed by atoms with E-state index < -0.39 is 35.1 Å². The molecule has 10 heteroatoms. The molecule has 0 saturated carbocycles. The van der Waals surface area contributed by atoms with Crippen molar-refractivity contribution in [2.24, 2.45) is 0 Å². The zero-order valence-electron chi connectivity index (χ0n) is 13.7. The molecule has 3 aromatic rings. The molecular weight excluding hydrogens is 406 g/mol. The fourth-order valence-electron chi connectivity index (χ4n) is 2.31. The molecule has 0 spiro atoms. The van der Waals surface area contributed by atoms with Crippen LogP contribution in [0, 0.1) is 0 Å². The number of alkyl halides is 6. The number of halogens is 6. The number of anilines is 1. The van der Waals surface area contributed by atoms with E-state index >= 15 is 0 Å². The zero-order valence-corrected chi connectivity index (χ0v) is 14.5. The number of aromatic nitrogens is 1. The second-order valence-electron chi connectivity index (χ2n) is 5.65. The summed E-state index contributed by atoms with van der Waals surface area (Å²) in [6, 6.07) is 9.69. The minimum atomic E-state index is -5.00. The molecule has 0 atom stereocenters. The first-order valence-corrected chi connectivity index (χ1v) is 8.54. The SMILES string of the molecule is O=C(Nc1cc(C(F)(F)F)cc(C(F)(F)F)c1)c1csc(-c2ccccc2)n1. The average Bonchev–Trinajstić information content (AvgIpc) is 3.11. The van der Waals surface area contributed by atoms with Crippen LogP contribution < -0.4 is 5.32 Å². The Morgan fingerprint density at radius 3 is 2.00 bits per heavy atom. The monoisotopic (exact) mass is 416 g/mol. The lowest BCUT2D eigenvalue weighted by Crippen LogP contribution is -2.16. The molecular formula is C18H10F6N2OS. The molecule has 3 nitrogen and oxygen atoms in total. The number of hydrogen-bond donors (Lipinski definition) is 1. The summed E-state index contributed by atoms with van der Waals surface area (Å²) in [6.07, 6.45) is -10.00. The van der Waals surface area contributed by atoms with E-state index in [-0.39, 0.29) is 11.8 Å². The number of nitrogens with one attached hydrogen (secondary N) is 1. The number of carbonyl (C=O) groups is 1. The van der Waals surface area contributed by atoms with Crippen LogP contribution >= 0.6 is 11.3 Å². The predicted octanol–water partition coefficient (Wildman–Crippen LogP) is 6.10. The normalized spacial score (nSPS) is 12.1. The molecule has 0 fully saturated rings. The lowest BCUT2D eigenvalue weighted by Gasteiger charge is -2.14. The highest BCUT2D eigenvalue weighted by Gasteiger charge is 2.37. The number of carbonyl (C=O) groups excluding carboxylic acids is 1. The lowest BCUT2D eigenvalue weighted by molar-refractivity contribution is -0.143.